The Morgan fingerprint density at radius 2 is 1.89 bits per heavy atom. The number of nitrogens with zero attached hydrogens (tertiary/aromatic N) is 2. The number of hydrogen-bond acceptors (Lipinski definition) is 4. The summed E-state index contributed by atoms with van der Waals surface area (Å²) < 4.78 is 12.4. The number of anilines is 1. The van der Waals surface area contributed by atoms with Crippen LogP contribution in [0.25, 0.3) is 5.69 Å². The first kappa shape index (κ1) is 17.1. The van der Waals surface area contributed by atoms with E-state index in [-0.39, 0.29) is 5.91 Å². The Kier molecular flexibility index (Phi) is 4.54. The Balaban J connectivity index is 1.74. The summed E-state index contributed by atoms with van der Waals surface area (Å²) in [6, 6.07) is 15.0. The molecule has 0 saturated heterocycles. The molecule has 4 rings (SSSR count). The molecular formula is C21H21N3O3. The van der Waals surface area contributed by atoms with Crippen LogP contribution in [0.1, 0.15) is 28.0 Å². The Labute approximate surface area is 157 Å². The number of benzene rings is 2. The summed E-state index contributed by atoms with van der Waals surface area (Å²) in [5, 5.41) is 7.79. The zero-order valence-corrected chi connectivity index (χ0v) is 15.4. The molecule has 1 amide bonds. The second-order valence-electron chi connectivity index (χ2n) is 6.40. The molecule has 6 nitrogen and oxygen atoms in total. The number of para-hydroxylation sites is 1. The number of aromatic nitrogens is 2. The van der Waals surface area contributed by atoms with Crippen LogP contribution >= 0.6 is 0 Å². The van der Waals surface area contributed by atoms with Gasteiger partial charge in [0.25, 0.3) is 5.91 Å². The molecule has 27 heavy (non-hydrogen) atoms. The summed E-state index contributed by atoms with van der Waals surface area (Å²) in [7, 11) is 3.12. The van der Waals surface area contributed by atoms with E-state index >= 15 is 0 Å². The molecule has 0 fully saturated rings. The number of fused-ring (bicyclic) bond motifs is 1. The minimum absolute atomic E-state index is 0.252. The first-order valence-corrected chi connectivity index (χ1v) is 8.91. The number of rotatable bonds is 5. The third-order valence-corrected chi connectivity index (χ3v) is 4.79. The van der Waals surface area contributed by atoms with Crippen molar-refractivity contribution in [2.45, 2.75) is 19.3 Å². The normalized spacial score (nSPS) is 12.5. The van der Waals surface area contributed by atoms with E-state index in [4.69, 9.17) is 14.6 Å². The average Bonchev–Trinajstić information content (AvgIpc) is 3.30. The fourth-order valence-corrected chi connectivity index (χ4v) is 3.44. The van der Waals surface area contributed by atoms with Crippen LogP contribution in [0, 0.1) is 0 Å². The van der Waals surface area contributed by atoms with Gasteiger partial charge in [-0.25, -0.2) is 4.68 Å². The van der Waals surface area contributed by atoms with Gasteiger partial charge in [-0.1, -0.05) is 18.2 Å². The van der Waals surface area contributed by atoms with Crippen molar-refractivity contribution in [2.24, 2.45) is 0 Å². The lowest BCUT2D eigenvalue weighted by atomic mass is 10.1. The zero-order chi connectivity index (χ0) is 18.8. The van der Waals surface area contributed by atoms with Crippen LogP contribution in [0.15, 0.2) is 48.5 Å². The molecule has 1 heterocycles. The summed E-state index contributed by atoms with van der Waals surface area (Å²) in [6.07, 6.45) is 2.90. The van der Waals surface area contributed by atoms with Crippen molar-refractivity contribution in [2.75, 3.05) is 19.5 Å². The van der Waals surface area contributed by atoms with Crippen molar-refractivity contribution in [3.05, 3.63) is 65.4 Å². The van der Waals surface area contributed by atoms with Gasteiger partial charge in [0.2, 0.25) is 0 Å². The van der Waals surface area contributed by atoms with Crippen LogP contribution in [0.4, 0.5) is 5.82 Å². The van der Waals surface area contributed by atoms with E-state index in [1.165, 1.54) is 0 Å². The minimum atomic E-state index is -0.252. The second kappa shape index (κ2) is 7.15. The van der Waals surface area contributed by atoms with E-state index in [2.05, 4.69) is 5.32 Å². The van der Waals surface area contributed by atoms with E-state index in [0.717, 1.165) is 42.0 Å². The molecule has 0 saturated carbocycles. The molecule has 1 aliphatic carbocycles. The van der Waals surface area contributed by atoms with Gasteiger partial charge in [0.15, 0.2) is 0 Å². The fraction of sp³-hybridized carbons (Fsp3) is 0.238. The van der Waals surface area contributed by atoms with Crippen molar-refractivity contribution in [1.29, 1.82) is 0 Å². The van der Waals surface area contributed by atoms with Gasteiger partial charge in [0.05, 0.1) is 31.2 Å². The van der Waals surface area contributed by atoms with Crippen molar-refractivity contribution in [1.82, 2.24) is 9.78 Å². The Hall–Kier alpha value is -3.28. The highest BCUT2D eigenvalue weighted by atomic mass is 16.5. The predicted molar refractivity (Wildman–Crippen MR) is 103 cm³/mol. The number of carbonyl (C=O) groups is 1. The molecule has 0 radical (unpaired) electrons. The number of amides is 1. The van der Waals surface area contributed by atoms with Crippen LogP contribution < -0.4 is 14.8 Å². The first-order valence-electron chi connectivity index (χ1n) is 8.91. The minimum Gasteiger partial charge on any atom is -0.497 e. The van der Waals surface area contributed by atoms with Gasteiger partial charge in [-0.3, -0.25) is 4.79 Å². The van der Waals surface area contributed by atoms with E-state index < -0.39 is 0 Å². The maximum atomic E-state index is 13.1. The van der Waals surface area contributed by atoms with Gasteiger partial charge in [-0.15, -0.1) is 0 Å². The van der Waals surface area contributed by atoms with Crippen LogP contribution in [0.5, 0.6) is 11.5 Å². The fourth-order valence-electron chi connectivity index (χ4n) is 3.44. The standard InChI is InChI=1S/C21H21N3O3/c1-26-15-11-12-19(27-2)17(13-15)21(25)22-20-16-9-6-10-18(16)23-24(20)14-7-4-3-5-8-14/h3-5,7-8,11-13H,6,9-10H2,1-2H3,(H,22,25). The van der Waals surface area contributed by atoms with Crippen LogP contribution in [-0.2, 0) is 12.8 Å². The van der Waals surface area contributed by atoms with Gasteiger partial charge in [-0.05, 0) is 49.6 Å². The molecule has 138 valence electrons. The summed E-state index contributed by atoms with van der Waals surface area (Å²) >= 11 is 0. The average molecular weight is 363 g/mol. The Morgan fingerprint density at radius 1 is 1.07 bits per heavy atom. The number of aryl methyl sites for hydroxylation is 1. The molecule has 2 aromatic carbocycles. The van der Waals surface area contributed by atoms with E-state index in [9.17, 15) is 4.79 Å². The summed E-state index contributed by atoms with van der Waals surface area (Å²) in [5.74, 6) is 1.57. The third-order valence-electron chi connectivity index (χ3n) is 4.79. The molecule has 0 spiro atoms. The number of hydrogen-bond donors (Lipinski definition) is 1. The highest BCUT2D eigenvalue weighted by molar-refractivity contribution is 6.06. The molecule has 3 aromatic rings. The van der Waals surface area contributed by atoms with Gasteiger partial charge in [0, 0.05) is 5.56 Å². The molecule has 0 atom stereocenters. The summed E-state index contributed by atoms with van der Waals surface area (Å²) in [4.78, 5) is 13.1. The number of methoxy groups -OCH3 is 2. The molecule has 0 bridgehead atoms. The Bertz CT molecular complexity index is 980. The van der Waals surface area contributed by atoms with Gasteiger partial charge < -0.3 is 14.8 Å². The highest BCUT2D eigenvalue weighted by Gasteiger charge is 2.25. The molecule has 0 aliphatic heterocycles. The predicted octanol–water partition coefficient (Wildman–Crippen LogP) is 3.63. The third kappa shape index (κ3) is 3.14. The van der Waals surface area contributed by atoms with E-state index in [0.29, 0.717) is 17.1 Å². The number of carbonyl (C=O) groups excluding carboxylic acids is 1. The maximum absolute atomic E-state index is 13.1. The SMILES string of the molecule is COc1ccc(OC)c(C(=O)Nc2c3c(nn2-c2ccccc2)CCC3)c1. The summed E-state index contributed by atoms with van der Waals surface area (Å²) in [6.45, 7) is 0. The maximum Gasteiger partial charge on any atom is 0.260 e. The molecule has 6 heteroatoms. The van der Waals surface area contributed by atoms with Crippen molar-refractivity contribution in [3.8, 4) is 17.2 Å². The van der Waals surface area contributed by atoms with Crippen LogP contribution in [-0.4, -0.2) is 29.9 Å². The molecule has 1 aromatic heterocycles. The van der Waals surface area contributed by atoms with Crippen molar-refractivity contribution < 1.29 is 14.3 Å². The topological polar surface area (TPSA) is 65.4 Å². The van der Waals surface area contributed by atoms with Gasteiger partial charge in [0.1, 0.15) is 17.3 Å². The van der Waals surface area contributed by atoms with E-state index in [1.54, 1.807) is 32.4 Å². The summed E-state index contributed by atoms with van der Waals surface area (Å²) in [5.41, 5.74) is 3.49. The van der Waals surface area contributed by atoms with Crippen molar-refractivity contribution >= 4 is 11.7 Å². The zero-order valence-electron chi connectivity index (χ0n) is 15.4. The lowest BCUT2D eigenvalue weighted by molar-refractivity contribution is 0.102. The molecule has 1 N–H and O–H groups in total. The van der Waals surface area contributed by atoms with Gasteiger partial charge >= 0.3 is 0 Å². The monoisotopic (exact) mass is 363 g/mol. The second-order valence-corrected chi connectivity index (χ2v) is 6.40. The van der Waals surface area contributed by atoms with Gasteiger partial charge in [-0.2, -0.15) is 5.10 Å². The smallest absolute Gasteiger partial charge is 0.260 e. The highest BCUT2D eigenvalue weighted by Crippen LogP contribution is 2.32. The van der Waals surface area contributed by atoms with E-state index in [1.807, 2.05) is 35.0 Å². The van der Waals surface area contributed by atoms with Crippen LogP contribution in [0.3, 0.4) is 0 Å². The van der Waals surface area contributed by atoms with Crippen molar-refractivity contribution in [3.63, 3.8) is 0 Å². The molecule has 1 aliphatic rings. The first-order chi connectivity index (χ1) is 13.2. The lowest BCUT2D eigenvalue weighted by Crippen LogP contribution is -2.17. The lowest BCUT2D eigenvalue weighted by Gasteiger charge is -2.13. The molecular weight excluding hydrogens is 342 g/mol. The molecule has 0 unspecified atom stereocenters. The largest absolute Gasteiger partial charge is 0.497 e. The Morgan fingerprint density at radius 3 is 2.63 bits per heavy atom. The number of ether oxygens (including phenoxy) is 2. The quantitative estimate of drug-likeness (QED) is 0.752. The van der Waals surface area contributed by atoms with Crippen LogP contribution in [0.2, 0.25) is 0 Å². The number of nitrogens with one attached hydrogen (secondary N) is 1.